The molecule has 36 heavy (non-hydrogen) atoms. The topological polar surface area (TPSA) is 74.0 Å². The third-order valence-electron chi connectivity index (χ3n) is 7.90. The molecule has 1 saturated heterocycles. The highest BCUT2D eigenvalue weighted by molar-refractivity contribution is 5.81. The Morgan fingerprint density at radius 1 is 1.08 bits per heavy atom. The lowest BCUT2D eigenvalue weighted by molar-refractivity contribution is -0.137. The van der Waals surface area contributed by atoms with Gasteiger partial charge in [0.2, 0.25) is 5.91 Å². The maximum Gasteiger partial charge on any atom is 0.225 e. The molecule has 1 unspecified atom stereocenters. The highest BCUT2D eigenvalue weighted by atomic mass is 16.3. The number of carbonyl (C=O) groups excluding carboxylic acids is 1. The van der Waals surface area contributed by atoms with Gasteiger partial charge in [-0.2, -0.15) is 10.2 Å². The largest absolute Gasteiger partial charge is 0.390 e. The number of amides is 1. The van der Waals surface area contributed by atoms with E-state index in [0.717, 1.165) is 36.2 Å². The first-order valence-electron chi connectivity index (χ1n) is 13.0. The predicted octanol–water partition coefficient (Wildman–Crippen LogP) is 4.57. The van der Waals surface area contributed by atoms with Crippen LogP contribution in [0, 0.1) is 12.8 Å². The average Bonchev–Trinajstić information content (AvgIpc) is 3.39. The maximum absolute atomic E-state index is 12.4. The number of nitrogens with zero attached hydrogens (tertiary/aromatic N) is 5. The fourth-order valence-electron chi connectivity index (χ4n) is 5.60. The number of aliphatic hydroxyl groups is 1. The third-order valence-corrected chi connectivity index (χ3v) is 7.90. The van der Waals surface area contributed by atoms with Crippen LogP contribution in [0.2, 0.25) is 0 Å². The van der Waals surface area contributed by atoms with Crippen LogP contribution in [0.1, 0.15) is 44.1 Å². The number of aromatic nitrogens is 2. The Kier molecular flexibility index (Phi) is 5.88. The predicted molar refractivity (Wildman–Crippen MR) is 141 cm³/mol. The van der Waals surface area contributed by atoms with Crippen LogP contribution in [0.15, 0.2) is 66.0 Å². The van der Waals surface area contributed by atoms with E-state index >= 15 is 0 Å². The van der Waals surface area contributed by atoms with Crippen molar-refractivity contribution < 1.29 is 9.90 Å². The average molecular weight is 484 g/mol. The van der Waals surface area contributed by atoms with Gasteiger partial charge in [0.05, 0.1) is 23.0 Å². The molecule has 0 bridgehead atoms. The van der Waals surface area contributed by atoms with Crippen molar-refractivity contribution in [1.29, 1.82) is 0 Å². The van der Waals surface area contributed by atoms with E-state index in [1.165, 1.54) is 11.1 Å². The molecule has 1 aromatic heterocycles. The van der Waals surface area contributed by atoms with E-state index < -0.39 is 5.60 Å². The lowest BCUT2D eigenvalue weighted by Crippen LogP contribution is -2.49. The zero-order valence-electron chi connectivity index (χ0n) is 20.8. The first-order valence-corrected chi connectivity index (χ1v) is 13.0. The summed E-state index contributed by atoms with van der Waals surface area (Å²) in [5, 5.41) is 22.4. The summed E-state index contributed by atoms with van der Waals surface area (Å²) in [6.07, 6.45) is 10.5. The van der Waals surface area contributed by atoms with Gasteiger partial charge in [0.25, 0.3) is 0 Å². The van der Waals surface area contributed by atoms with Crippen molar-refractivity contribution in [3.63, 3.8) is 0 Å². The summed E-state index contributed by atoms with van der Waals surface area (Å²) >= 11 is 0. The van der Waals surface area contributed by atoms with E-state index in [9.17, 15) is 9.90 Å². The van der Waals surface area contributed by atoms with E-state index in [-0.39, 0.29) is 17.9 Å². The second kappa shape index (κ2) is 9.21. The second-order valence-electron chi connectivity index (χ2n) is 10.6. The van der Waals surface area contributed by atoms with Crippen molar-refractivity contribution in [3.8, 4) is 16.8 Å². The molecule has 3 aromatic rings. The van der Waals surface area contributed by atoms with Gasteiger partial charge in [-0.05, 0) is 86.1 Å². The Morgan fingerprint density at radius 3 is 2.50 bits per heavy atom. The van der Waals surface area contributed by atoms with Crippen LogP contribution in [-0.4, -0.2) is 56.6 Å². The smallest absolute Gasteiger partial charge is 0.225 e. The zero-order chi connectivity index (χ0) is 24.7. The van der Waals surface area contributed by atoms with Crippen LogP contribution in [0.3, 0.4) is 0 Å². The molecule has 3 aliphatic rings. The maximum atomic E-state index is 12.4. The first-order chi connectivity index (χ1) is 17.5. The number of anilines is 1. The Balaban J connectivity index is 1.12. The Bertz CT molecular complexity index is 1260. The van der Waals surface area contributed by atoms with Gasteiger partial charge in [-0.3, -0.25) is 9.80 Å². The van der Waals surface area contributed by atoms with Crippen LogP contribution in [-0.2, 0) is 4.79 Å². The van der Waals surface area contributed by atoms with E-state index in [1.807, 2.05) is 28.1 Å². The van der Waals surface area contributed by atoms with Gasteiger partial charge in [-0.15, -0.1) is 0 Å². The number of hydrazone groups is 1. The van der Waals surface area contributed by atoms with E-state index in [2.05, 4.69) is 64.6 Å². The number of aryl methyl sites for hydroxylation is 1. The van der Waals surface area contributed by atoms with E-state index in [0.29, 0.717) is 32.4 Å². The summed E-state index contributed by atoms with van der Waals surface area (Å²) in [5.74, 6) is 0.533. The van der Waals surface area contributed by atoms with Gasteiger partial charge in [-0.25, -0.2) is 4.68 Å². The Morgan fingerprint density at radius 2 is 1.83 bits per heavy atom. The first kappa shape index (κ1) is 23.0. The van der Waals surface area contributed by atoms with E-state index in [1.54, 1.807) is 6.20 Å². The van der Waals surface area contributed by atoms with Crippen molar-refractivity contribution in [3.05, 3.63) is 66.5 Å². The molecule has 2 aromatic carbocycles. The van der Waals surface area contributed by atoms with Crippen LogP contribution in [0.25, 0.3) is 16.8 Å². The van der Waals surface area contributed by atoms with Crippen LogP contribution in [0.4, 0.5) is 5.69 Å². The van der Waals surface area contributed by atoms with Crippen molar-refractivity contribution in [2.45, 2.75) is 57.1 Å². The molecule has 1 aliphatic carbocycles. The number of likely N-dealkylation sites (tertiary alicyclic amines) is 1. The molecule has 1 N–H and O–H groups in total. The lowest BCUT2D eigenvalue weighted by atomic mass is 9.84. The minimum absolute atomic E-state index is 0.127. The summed E-state index contributed by atoms with van der Waals surface area (Å²) in [6, 6.07) is 17.0. The molecule has 1 amide bonds. The number of benzene rings is 2. The minimum Gasteiger partial charge on any atom is -0.390 e. The zero-order valence-corrected chi connectivity index (χ0v) is 20.8. The van der Waals surface area contributed by atoms with Gasteiger partial charge in [0.15, 0.2) is 0 Å². The molecule has 0 radical (unpaired) electrons. The highest BCUT2D eigenvalue weighted by Gasteiger charge is 2.41. The molecule has 2 aliphatic heterocycles. The number of carbonyl (C=O) groups is 1. The van der Waals surface area contributed by atoms with Crippen LogP contribution < -0.4 is 5.01 Å². The number of hydrogen-bond donors (Lipinski definition) is 1. The second-order valence-corrected chi connectivity index (χ2v) is 10.6. The van der Waals surface area contributed by atoms with Crippen molar-refractivity contribution in [1.82, 2.24) is 14.7 Å². The molecule has 1 saturated carbocycles. The number of piperidine rings is 1. The normalized spacial score (nSPS) is 21.2. The van der Waals surface area contributed by atoms with Crippen molar-refractivity contribution in [2.75, 3.05) is 18.1 Å². The van der Waals surface area contributed by atoms with Gasteiger partial charge in [0.1, 0.15) is 0 Å². The number of rotatable bonds is 6. The molecule has 186 valence electrons. The molecule has 7 nitrogen and oxygen atoms in total. The minimum atomic E-state index is -0.746. The molecule has 3 heterocycles. The van der Waals surface area contributed by atoms with Gasteiger partial charge >= 0.3 is 0 Å². The quantitative estimate of drug-likeness (QED) is 0.558. The van der Waals surface area contributed by atoms with Crippen LogP contribution in [0.5, 0.6) is 0 Å². The SMILES string of the molecule is Cc1cc(-n2cccn2)ccc1-c1ccc(N2N=CCC2CC2(O)CCN(C(=O)C3CC3)CC2)cc1. The van der Waals surface area contributed by atoms with Crippen LogP contribution >= 0.6 is 0 Å². The molecule has 0 spiro atoms. The summed E-state index contributed by atoms with van der Waals surface area (Å²) < 4.78 is 1.87. The monoisotopic (exact) mass is 483 g/mol. The lowest BCUT2D eigenvalue weighted by Gasteiger charge is -2.40. The summed E-state index contributed by atoms with van der Waals surface area (Å²) in [5.41, 5.74) is 4.89. The molecule has 6 rings (SSSR count). The van der Waals surface area contributed by atoms with E-state index in [4.69, 9.17) is 0 Å². The fourth-order valence-corrected chi connectivity index (χ4v) is 5.60. The number of hydrogen-bond acceptors (Lipinski definition) is 5. The molecule has 2 fully saturated rings. The van der Waals surface area contributed by atoms with Crippen molar-refractivity contribution >= 4 is 17.8 Å². The van der Waals surface area contributed by atoms with Crippen molar-refractivity contribution in [2.24, 2.45) is 11.0 Å². The highest BCUT2D eigenvalue weighted by Crippen LogP contribution is 2.37. The van der Waals surface area contributed by atoms with Gasteiger partial charge < -0.3 is 10.0 Å². The molecular weight excluding hydrogens is 450 g/mol. The summed E-state index contributed by atoms with van der Waals surface area (Å²) in [4.78, 5) is 14.3. The molecular formula is C29H33N5O2. The molecule has 7 heteroatoms. The fraction of sp³-hybridized carbons (Fsp3) is 0.414. The standard InChI is InChI=1S/C29H33N5O2/c1-21-19-25(33-16-2-14-30-33)9-10-27(21)22-5-7-24(8-6-22)34-26(11-15-31-34)20-29(36)12-17-32(18-13-29)28(35)23-3-4-23/h2,5-10,14-16,19,23,26,36H,3-4,11-13,17-18,20H2,1H3. The summed E-state index contributed by atoms with van der Waals surface area (Å²) in [6.45, 7) is 3.44. The Hall–Kier alpha value is -3.45. The van der Waals surface area contributed by atoms with Gasteiger partial charge in [0, 0.05) is 44.0 Å². The van der Waals surface area contributed by atoms with Gasteiger partial charge in [-0.1, -0.05) is 18.2 Å². The third kappa shape index (κ3) is 4.55. The molecule has 1 atom stereocenters. The Labute approximate surface area is 212 Å². The summed E-state index contributed by atoms with van der Waals surface area (Å²) in [7, 11) is 0.